The van der Waals surface area contributed by atoms with Gasteiger partial charge in [0.05, 0.1) is 6.21 Å². The molecule has 5 nitrogen and oxygen atoms in total. The molecule has 0 fully saturated rings. The van der Waals surface area contributed by atoms with Crippen LogP contribution < -0.4 is 4.74 Å². The summed E-state index contributed by atoms with van der Waals surface area (Å²) in [7, 11) is 0. The van der Waals surface area contributed by atoms with Crippen LogP contribution in [-0.2, 0) is 0 Å². The highest BCUT2D eigenvalue weighted by atomic mass is 79.9. The third-order valence-corrected chi connectivity index (χ3v) is 4.04. The van der Waals surface area contributed by atoms with Gasteiger partial charge in [0, 0.05) is 15.6 Å². The summed E-state index contributed by atoms with van der Waals surface area (Å²) in [6, 6.07) is 15.3. The predicted octanol–water partition coefficient (Wildman–Crippen LogP) is 4.26. The van der Waals surface area contributed by atoms with E-state index in [0.29, 0.717) is 16.3 Å². The van der Waals surface area contributed by atoms with Crippen LogP contribution in [0.25, 0.3) is 11.4 Å². The number of aromatic nitrogens is 3. The molecule has 2 aromatic carbocycles. The molecular weight excluding hydrogens is 400 g/mol. The van der Waals surface area contributed by atoms with Crippen molar-refractivity contribution < 1.29 is 4.74 Å². The Morgan fingerprint density at radius 3 is 2.88 bits per heavy atom. The maximum atomic E-state index is 5.55. The van der Waals surface area contributed by atoms with Crippen LogP contribution in [0, 0.1) is 17.1 Å². The Bertz CT molecular complexity index is 1000. The first-order chi connectivity index (χ1) is 12.2. The quantitative estimate of drug-likeness (QED) is 0.386. The molecule has 0 radical (unpaired) electrons. The van der Waals surface area contributed by atoms with Gasteiger partial charge < -0.3 is 4.74 Å². The number of ether oxygens (including phenoxy) is 1. The molecule has 0 aliphatic rings. The first-order valence-corrected chi connectivity index (χ1v) is 8.52. The molecule has 3 rings (SSSR count). The molecular formula is C18H13BrN4OS. The van der Waals surface area contributed by atoms with Crippen LogP contribution in [0.2, 0.25) is 0 Å². The van der Waals surface area contributed by atoms with E-state index in [0.717, 1.165) is 15.6 Å². The molecule has 1 heterocycles. The Morgan fingerprint density at radius 1 is 1.32 bits per heavy atom. The molecule has 0 bridgehead atoms. The summed E-state index contributed by atoms with van der Waals surface area (Å²) >= 11 is 8.73. The number of halogens is 1. The first-order valence-electron chi connectivity index (χ1n) is 7.32. The summed E-state index contributed by atoms with van der Waals surface area (Å²) in [6.07, 6.45) is 6.92. The Balaban J connectivity index is 1.99. The predicted molar refractivity (Wildman–Crippen MR) is 104 cm³/mol. The number of nitrogens with one attached hydrogen (secondary N) is 1. The lowest BCUT2D eigenvalue weighted by atomic mass is 10.2. The zero-order valence-corrected chi connectivity index (χ0v) is 15.4. The highest BCUT2D eigenvalue weighted by Gasteiger charge is 2.08. The second-order valence-electron chi connectivity index (χ2n) is 4.95. The first kappa shape index (κ1) is 17.1. The van der Waals surface area contributed by atoms with Crippen molar-refractivity contribution in [1.29, 1.82) is 0 Å². The van der Waals surface area contributed by atoms with Gasteiger partial charge >= 0.3 is 0 Å². The average molecular weight is 413 g/mol. The van der Waals surface area contributed by atoms with E-state index in [2.05, 4.69) is 37.1 Å². The lowest BCUT2D eigenvalue weighted by molar-refractivity contribution is 0.370. The van der Waals surface area contributed by atoms with E-state index >= 15 is 0 Å². The minimum atomic E-state index is 0.183. The molecule has 0 unspecified atom stereocenters. The largest absolute Gasteiger partial charge is 0.480 e. The van der Waals surface area contributed by atoms with E-state index in [9.17, 15) is 0 Å². The van der Waals surface area contributed by atoms with E-state index in [1.165, 1.54) is 0 Å². The Morgan fingerprint density at radius 2 is 2.12 bits per heavy atom. The van der Waals surface area contributed by atoms with Gasteiger partial charge in [-0.05, 0) is 30.4 Å². The van der Waals surface area contributed by atoms with Gasteiger partial charge in [0.2, 0.25) is 4.77 Å². The van der Waals surface area contributed by atoms with Crippen molar-refractivity contribution in [3.8, 4) is 29.5 Å². The van der Waals surface area contributed by atoms with Gasteiger partial charge in [-0.2, -0.15) is 14.9 Å². The molecule has 0 saturated carbocycles. The smallest absolute Gasteiger partial charge is 0.216 e. The zero-order chi connectivity index (χ0) is 17.6. The van der Waals surface area contributed by atoms with Gasteiger partial charge in [-0.25, -0.2) is 5.10 Å². The van der Waals surface area contributed by atoms with Crippen molar-refractivity contribution in [1.82, 2.24) is 14.9 Å². The maximum Gasteiger partial charge on any atom is 0.216 e. The summed E-state index contributed by atoms with van der Waals surface area (Å²) in [5.74, 6) is 3.72. The van der Waals surface area contributed by atoms with E-state index in [-0.39, 0.29) is 6.61 Å². The fourth-order valence-corrected chi connectivity index (χ4v) is 2.72. The summed E-state index contributed by atoms with van der Waals surface area (Å²) < 4.78 is 8.42. The molecule has 0 spiro atoms. The highest BCUT2D eigenvalue weighted by Crippen LogP contribution is 2.22. The normalized spacial score (nSPS) is 10.7. The van der Waals surface area contributed by atoms with E-state index in [4.69, 9.17) is 23.4 Å². The molecule has 1 N–H and O–H groups in total. The van der Waals surface area contributed by atoms with Crippen LogP contribution in [0.5, 0.6) is 5.75 Å². The number of aromatic amines is 1. The topological polar surface area (TPSA) is 55.2 Å². The molecule has 0 saturated heterocycles. The van der Waals surface area contributed by atoms with Crippen molar-refractivity contribution in [3.05, 3.63) is 63.3 Å². The van der Waals surface area contributed by atoms with Gasteiger partial charge in [0.25, 0.3) is 0 Å². The fourth-order valence-electron chi connectivity index (χ4n) is 2.16. The van der Waals surface area contributed by atoms with Crippen molar-refractivity contribution in [2.45, 2.75) is 0 Å². The zero-order valence-electron chi connectivity index (χ0n) is 13.0. The molecule has 124 valence electrons. The summed E-state index contributed by atoms with van der Waals surface area (Å²) in [5, 5.41) is 11.5. The Labute approximate surface area is 158 Å². The van der Waals surface area contributed by atoms with Crippen molar-refractivity contribution in [3.63, 3.8) is 0 Å². The van der Waals surface area contributed by atoms with Gasteiger partial charge in [0.15, 0.2) is 5.82 Å². The van der Waals surface area contributed by atoms with Gasteiger partial charge in [-0.1, -0.05) is 52.2 Å². The van der Waals surface area contributed by atoms with Crippen LogP contribution in [0.4, 0.5) is 0 Å². The molecule has 25 heavy (non-hydrogen) atoms. The molecule has 3 aromatic rings. The molecule has 0 aliphatic carbocycles. The number of hydrogen-bond acceptors (Lipinski definition) is 4. The van der Waals surface area contributed by atoms with Crippen LogP contribution in [-0.4, -0.2) is 27.7 Å². The Hall–Kier alpha value is -2.69. The van der Waals surface area contributed by atoms with E-state index < -0.39 is 0 Å². The summed E-state index contributed by atoms with van der Waals surface area (Å²) in [5.41, 5.74) is 1.68. The lowest BCUT2D eigenvalue weighted by Gasteiger charge is -2.07. The van der Waals surface area contributed by atoms with Gasteiger partial charge in [-0.15, -0.1) is 6.42 Å². The number of rotatable bonds is 5. The number of H-pyrrole nitrogens is 1. The minimum absolute atomic E-state index is 0.183. The summed E-state index contributed by atoms with van der Waals surface area (Å²) in [4.78, 5) is 0. The van der Waals surface area contributed by atoms with Gasteiger partial charge in [0.1, 0.15) is 12.4 Å². The SMILES string of the molecule is C#CCOc1ccc(Br)cc1C=Nn1c(-c2ccccc2)n[nH]c1=S. The lowest BCUT2D eigenvalue weighted by Crippen LogP contribution is -1.99. The third kappa shape index (κ3) is 4.05. The van der Waals surface area contributed by atoms with Crippen LogP contribution >= 0.6 is 28.1 Å². The molecule has 7 heteroatoms. The molecule has 0 amide bonds. The van der Waals surface area contributed by atoms with Gasteiger partial charge in [-0.3, -0.25) is 0 Å². The van der Waals surface area contributed by atoms with Crippen LogP contribution in [0.15, 0.2) is 58.1 Å². The number of nitrogens with zero attached hydrogens (tertiary/aromatic N) is 3. The number of hydrogen-bond donors (Lipinski definition) is 1. The number of benzene rings is 2. The second kappa shape index (κ2) is 7.92. The second-order valence-corrected chi connectivity index (χ2v) is 6.25. The molecule has 0 atom stereocenters. The van der Waals surface area contributed by atoms with Crippen molar-refractivity contribution in [2.24, 2.45) is 5.10 Å². The maximum absolute atomic E-state index is 5.55. The van der Waals surface area contributed by atoms with Crippen LogP contribution in [0.3, 0.4) is 0 Å². The summed E-state index contributed by atoms with van der Waals surface area (Å²) in [6.45, 7) is 0.183. The monoisotopic (exact) mass is 412 g/mol. The highest BCUT2D eigenvalue weighted by molar-refractivity contribution is 9.10. The standard InChI is InChI=1S/C18H13BrN4OS/c1-2-10-24-16-9-8-15(19)11-14(16)12-20-23-17(21-22-18(23)25)13-6-4-3-5-7-13/h1,3-9,11-12H,10H2,(H,22,25). The van der Waals surface area contributed by atoms with Crippen LogP contribution in [0.1, 0.15) is 5.56 Å². The average Bonchev–Trinajstić information content (AvgIpc) is 3.00. The van der Waals surface area contributed by atoms with E-state index in [1.54, 1.807) is 10.9 Å². The van der Waals surface area contributed by atoms with E-state index in [1.807, 2.05) is 48.5 Å². The minimum Gasteiger partial charge on any atom is -0.480 e. The fraction of sp³-hybridized carbons (Fsp3) is 0.0556. The third-order valence-electron chi connectivity index (χ3n) is 3.28. The number of terminal acetylenes is 1. The molecule has 0 aliphatic heterocycles. The van der Waals surface area contributed by atoms with Crippen molar-refractivity contribution in [2.75, 3.05) is 6.61 Å². The Kier molecular flexibility index (Phi) is 5.43. The van der Waals surface area contributed by atoms with Crippen molar-refractivity contribution >= 4 is 34.4 Å². The molecule has 1 aromatic heterocycles.